The highest BCUT2D eigenvalue weighted by atomic mass is 35.5. The van der Waals surface area contributed by atoms with Crippen molar-refractivity contribution in [3.8, 4) is 0 Å². The molecule has 2 N–H and O–H groups in total. The molecule has 2 aromatic carbocycles. The van der Waals surface area contributed by atoms with Crippen molar-refractivity contribution in [3.05, 3.63) is 58.6 Å². The quantitative estimate of drug-likeness (QED) is 0.684. The molecule has 1 fully saturated rings. The lowest BCUT2D eigenvalue weighted by molar-refractivity contribution is -0.115. The molecule has 0 saturated carbocycles. The number of nitrogens with one attached hydrogen (secondary N) is 2. The monoisotopic (exact) mass is 463 g/mol. The first-order valence-corrected chi connectivity index (χ1v) is 12.0. The normalized spacial score (nSPS) is 17.2. The smallest absolute Gasteiger partial charge is 0.251 e. The number of aryl methyl sites for hydroxylation is 1. The molecule has 0 aliphatic carbocycles. The van der Waals surface area contributed by atoms with E-state index in [9.17, 15) is 18.0 Å². The molecule has 166 valence electrons. The molecule has 9 heteroatoms. The fourth-order valence-electron chi connectivity index (χ4n) is 3.54. The Morgan fingerprint density at radius 3 is 2.65 bits per heavy atom. The third-order valence-corrected chi connectivity index (χ3v) is 7.58. The number of piperidine rings is 1. The number of nitrogens with zero attached hydrogens (tertiary/aromatic N) is 1. The van der Waals surface area contributed by atoms with E-state index in [-0.39, 0.29) is 23.0 Å². The first kappa shape index (κ1) is 23.2. The average molecular weight is 464 g/mol. The third-order valence-electron chi connectivity index (χ3n) is 5.25. The molecule has 2 amide bonds. The summed E-state index contributed by atoms with van der Waals surface area (Å²) in [5, 5.41) is 5.56. The number of carbonyl (C=O) groups is 2. The summed E-state index contributed by atoms with van der Waals surface area (Å²) in [4.78, 5) is 24.7. The molecule has 3 rings (SSSR count). The summed E-state index contributed by atoms with van der Waals surface area (Å²) < 4.78 is 27.5. The molecule has 0 radical (unpaired) electrons. The van der Waals surface area contributed by atoms with Crippen molar-refractivity contribution in [2.45, 2.75) is 44.0 Å². The number of amides is 2. The van der Waals surface area contributed by atoms with Gasteiger partial charge in [0.15, 0.2) is 0 Å². The first-order chi connectivity index (χ1) is 14.7. The van der Waals surface area contributed by atoms with Gasteiger partial charge in [-0.2, -0.15) is 4.31 Å². The molecule has 31 heavy (non-hydrogen) atoms. The Morgan fingerprint density at radius 1 is 1.16 bits per heavy atom. The summed E-state index contributed by atoms with van der Waals surface area (Å²) in [7, 11) is -3.69. The SMILES string of the molecule is Cc1ccc(NC(=O)CNC(=O)c2cccc(S(=O)(=O)N3CCCCC3C)c2)c(Cl)c1. The maximum Gasteiger partial charge on any atom is 0.251 e. The highest BCUT2D eigenvalue weighted by Crippen LogP contribution is 2.25. The molecule has 1 heterocycles. The molecule has 0 bridgehead atoms. The van der Waals surface area contributed by atoms with Gasteiger partial charge in [0.2, 0.25) is 15.9 Å². The second-order valence-corrected chi connectivity index (χ2v) is 10.0. The van der Waals surface area contributed by atoms with Crippen LogP contribution in [0.25, 0.3) is 0 Å². The fourth-order valence-corrected chi connectivity index (χ4v) is 5.57. The van der Waals surface area contributed by atoms with Crippen LogP contribution in [0.3, 0.4) is 0 Å². The number of rotatable bonds is 6. The van der Waals surface area contributed by atoms with Gasteiger partial charge in [0.25, 0.3) is 5.91 Å². The van der Waals surface area contributed by atoms with Crippen LogP contribution >= 0.6 is 11.6 Å². The summed E-state index contributed by atoms with van der Waals surface area (Å²) in [6, 6.07) is 11.0. The van der Waals surface area contributed by atoms with Gasteiger partial charge in [0, 0.05) is 18.2 Å². The Morgan fingerprint density at radius 2 is 1.94 bits per heavy atom. The van der Waals surface area contributed by atoms with E-state index in [1.54, 1.807) is 12.1 Å². The van der Waals surface area contributed by atoms with E-state index in [4.69, 9.17) is 11.6 Å². The van der Waals surface area contributed by atoms with Crippen molar-refractivity contribution in [1.82, 2.24) is 9.62 Å². The summed E-state index contributed by atoms with van der Waals surface area (Å²) in [6.45, 7) is 3.98. The molecule has 0 spiro atoms. The van der Waals surface area contributed by atoms with E-state index < -0.39 is 21.8 Å². The van der Waals surface area contributed by atoms with E-state index in [1.165, 1.54) is 28.6 Å². The van der Waals surface area contributed by atoms with Crippen molar-refractivity contribution in [2.24, 2.45) is 0 Å². The summed E-state index contributed by atoms with van der Waals surface area (Å²) in [5.74, 6) is -0.973. The van der Waals surface area contributed by atoms with Gasteiger partial charge in [-0.25, -0.2) is 8.42 Å². The van der Waals surface area contributed by atoms with Gasteiger partial charge in [-0.15, -0.1) is 0 Å². The lowest BCUT2D eigenvalue weighted by Gasteiger charge is -2.32. The van der Waals surface area contributed by atoms with Crippen molar-refractivity contribution < 1.29 is 18.0 Å². The van der Waals surface area contributed by atoms with Gasteiger partial charge >= 0.3 is 0 Å². The van der Waals surface area contributed by atoms with Gasteiger partial charge in [0.05, 0.1) is 22.2 Å². The van der Waals surface area contributed by atoms with Crippen LogP contribution in [0.4, 0.5) is 5.69 Å². The van der Waals surface area contributed by atoms with E-state index in [0.29, 0.717) is 17.3 Å². The standard InChI is InChI=1S/C22H26ClN3O4S/c1-15-9-10-20(19(23)12-15)25-21(27)14-24-22(28)17-7-5-8-18(13-17)31(29,30)26-11-4-3-6-16(26)2/h5,7-10,12-13,16H,3-4,6,11,14H2,1-2H3,(H,24,28)(H,25,27). The van der Waals surface area contributed by atoms with Crippen LogP contribution in [-0.2, 0) is 14.8 Å². The second kappa shape index (κ2) is 9.80. The predicted octanol–water partition coefficient (Wildman–Crippen LogP) is 3.58. The number of anilines is 1. The van der Waals surface area contributed by atoms with Crippen molar-refractivity contribution in [2.75, 3.05) is 18.4 Å². The Balaban J connectivity index is 1.65. The maximum absolute atomic E-state index is 13.0. The average Bonchev–Trinajstić information content (AvgIpc) is 2.74. The van der Waals surface area contributed by atoms with Crippen LogP contribution in [0.15, 0.2) is 47.4 Å². The number of sulfonamides is 1. The minimum Gasteiger partial charge on any atom is -0.343 e. The van der Waals surface area contributed by atoms with Crippen LogP contribution in [0.5, 0.6) is 0 Å². The minimum atomic E-state index is -3.69. The third kappa shape index (κ3) is 5.64. The summed E-state index contributed by atoms with van der Waals surface area (Å²) in [6.07, 6.45) is 2.65. The molecule has 1 atom stereocenters. The second-order valence-electron chi connectivity index (χ2n) is 7.70. The fraction of sp³-hybridized carbons (Fsp3) is 0.364. The lowest BCUT2D eigenvalue weighted by Crippen LogP contribution is -2.42. The first-order valence-electron chi connectivity index (χ1n) is 10.1. The number of hydrogen-bond acceptors (Lipinski definition) is 4. The maximum atomic E-state index is 13.0. The molecular formula is C22H26ClN3O4S. The van der Waals surface area contributed by atoms with Gasteiger partial charge in [-0.3, -0.25) is 9.59 Å². The Kier molecular flexibility index (Phi) is 7.35. The number of halogens is 1. The molecule has 1 unspecified atom stereocenters. The van der Waals surface area contributed by atoms with E-state index in [2.05, 4.69) is 10.6 Å². The van der Waals surface area contributed by atoms with Gasteiger partial charge in [-0.1, -0.05) is 30.2 Å². The number of carbonyl (C=O) groups excluding carboxylic acids is 2. The highest BCUT2D eigenvalue weighted by molar-refractivity contribution is 7.89. The zero-order valence-corrected chi connectivity index (χ0v) is 19.1. The highest BCUT2D eigenvalue weighted by Gasteiger charge is 2.31. The lowest BCUT2D eigenvalue weighted by atomic mass is 10.1. The van der Waals surface area contributed by atoms with Crippen molar-refractivity contribution >= 4 is 39.1 Å². The van der Waals surface area contributed by atoms with Crippen LogP contribution in [-0.4, -0.2) is 43.7 Å². The molecule has 1 saturated heterocycles. The topological polar surface area (TPSA) is 95.6 Å². The zero-order valence-electron chi connectivity index (χ0n) is 17.5. The molecule has 0 aromatic heterocycles. The predicted molar refractivity (Wildman–Crippen MR) is 121 cm³/mol. The largest absolute Gasteiger partial charge is 0.343 e. The van der Waals surface area contributed by atoms with Gasteiger partial charge < -0.3 is 10.6 Å². The Labute approximate surface area is 187 Å². The molecule has 7 nitrogen and oxygen atoms in total. The number of hydrogen-bond donors (Lipinski definition) is 2. The number of benzene rings is 2. The van der Waals surface area contributed by atoms with Gasteiger partial charge in [-0.05, 0) is 62.6 Å². The Hall–Kier alpha value is -2.42. The van der Waals surface area contributed by atoms with Crippen LogP contribution in [0, 0.1) is 6.92 Å². The van der Waals surface area contributed by atoms with Crippen molar-refractivity contribution in [1.29, 1.82) is 0 Å². The summed E-state index contributed by atoms with van der Waals surface area (Å²) in [5.41, 5.74) is 1.59. The van der Waals surface area contributed by atoms with Crippen LogP contribution < -0.4 is 10.6 Å². The van der Waals surface area contributed by atoms with Crippen molar-refractivity contribution in [3.63, 3.8) is 0 Å². The van der Waals surface area contributed by atoms with E-state index in [0.717, 1.165) is 24.8 Å². The van der Waals surface area contributed by atoms with E-state index in [1.807, 2.05) is 19.9 Å². The molecule has 1 aliphatic heterocycles. The van der Waals surface area contributed by atoms with Crippen LogP contribution in [0.1, 0.15) is 42.1 Å². The van der Waals surface area contributed by atoms with Crippen LogP contribution in [0.2, 0.25) is 5.02 Å². The minimum absolute atomic E-state index is 0.0739. The summed E-state index contributed by atoms with van der Waals surface area (Å²) >= 11 is 6.10. The molecule has 1 aliphatic rings. The molecule has 2 aromatic rings. The zero-order chi connectivity index (χ0) is 22.6. The van der Waals surface area contributed by atoms with Gasteiger partial charge in [0.1, 0.15) is 0 Å². The Bertz CT molecular complexity index is 1090. The van der Waals surface area contributed by atoms with E-state index >= 15 is 0 Å². The molecular weight excluding hydrogens is 438 g/mol.